The second-order valence-corrected chi connectivity index (χ2v) is 10.5. The zero-order valence-corrected chi connectivity index (χ0v) is 17.5. The Morgan fingerprint density at radius 3 is 2.82 bits per heavy atom. The molecule has 3 aromatic heterocycles. The number of pyridine rings is 1. The van der Waals surface area contributed by atoms with E-state index < -0.39 is 15.2 Å². The van der Waals surface area contributed by atoms with Gasteiger partial charge in [0, 0.05) is 29.9 Å². The van der Waals surface area contributed by atoms with Crippen molar-refractivity contribution < 1.29 is 8.63 Å². The lowest BCUT2D eigenvalue weighted by Crippen LogP contribution is -2.50. The number of aromatic nitrogens is 3. The Bertz CT molecular complexity index is 1170. The number of thiophene rings is 1. The van der Waals surface area contributed by atoms with Crippen LogP contribution in [0.1, 0.15) is 11.8 Å². The third kappa shape index (κ3) is 3.17. The van der Waals surface area contributed by atoms with Gasteiger partial charge in [0.25, 0.3) is 0 Å². The summed E-state index contributed by atoms with van der Waals surface area (Å²) in [5.41, 5.74) is 6.72. The third-order valence-corrected chi connectivity index (χ3v) is 8.54. The summed E-state index contributed by atoms with van der Waals surface area (Å²) in [5.74, 6) is 4.62. The van der Waals surface area contributed by atoms with Crippen LogP contribution in [0.2, 0.25) is 5.02 Å². The summed E-state index contributed by atoms with van der Waals surface area (Å²) in [5, 5.41) is 8.12. The van der Waals surface area contributed by atoms with Crippen LogP contribution >= 0.6 is 22.9 Å². The molecule has 0 fully saturated rings. The highest BCUT2D eigenvalue weighted by Gasteiger charge is 2.39. The van der Waals surface area contributed by atoms with Crippen molar-refractivity contribution in [1.29, 1.82) is 0 Å². The quantitative estimate of drug-likeness (QED) is 0.632. The molecule has 8 nitrogen and oxygen atoms in total. The maximum Gasteiger partial charge on any atom is 0.249 e. The normalized spacial score (nSPS) is 25.0. The van der Waals surface area contributed by atoms with Crippen molar-refractivity contribution in [3.63, 3.8) is 0 Å². The molecule has 0 aliphatic carbocycles. The van der Waals surface area contributed by atoms with Gasteiger partial charge in [-0.1, -0.05) is 11.6 Å². The molecule has 4 rings (SSSR count). The average molecular weight is 437 g/mol. The number of rotatable bonds is 3. The van der Waals surface area contributed by atoms with Gasteiger partial charge in [0.05, 0.1) is 30.9 Å². The molecule has 0 saturated heterocycles. The minimum atomic E-state index is -2.59. The average Bonchev–Trinajstić information content (AvgIpc) is 3.29. The van der Waals surface area contributed by atoms with E-state index in [9.17, 15) is 4.21 Å². The van der Waals surface area contributed by atoms with Crippen LogP contribution < -0.4 is 5.73 Å². The first-order valence-corrected chi connectivity index (χ1v) is 11.2. The van der Waals surface area contributed by atoms with E-state index >= 15 is 0 Å². The van der Waals surface area contributed by atoms with Crippen LogP contribution in [0.4, 0.5) is 0 Å². The number of guanidine groups is 1. The molecular formula is C17H17ClN6O2S2. The van der Waals surface area contributed by atoms with Crippen LogP contribution in [0.15, 0.2) is 40.3 Å². The first-order chi connectivity index (χ1) is 13.2. The lowest BCUT2D eigenvalue weighted by atomic mass is 10.0. The standard InChI is InChI=1S/C17H17ClN6O2S2/c1-17(8-28(3,25)24(2)16(19)22-17)14-12(18)5-13(27-14)10-4-11(7-20-6-10)15-23-21-9-26-15/h4-7,9H,3,8H2,1-2H3,(H2,19,22)/t17-,28?/m0/s1. The first-order valence-electron chi connectivity index (χ1n) is 8.15. The van der Waals surface area contributed by atoms with E-state index in [1.54, 1.807) is 19.4 Å². The molecule has 1 unspecified atom stereocenters. The van der Waals surface area contributed by atoms with Gasteiger partial charge in [-0.15, -0.1) is 21.5 Å². The molecule has 0 bridgehead atoms. The number of hydrogen-bond donors (Lipinski definition) is 1. The van der Waals surface area contributed by atoms with Crippen LogP contribution in [0, 0.1) is 0 Å². The summed E-state index contributed by atoms with van der Waals surface area (Å²) in [6, 6.07) is 3.74. The van der Waals surface area contributed by atoms with Crippen molar-refractivity contribution in [2.75, 3.05) is 12.8 Å². The van der Waals surface area contributed by atoms with Gasteiger partial charge < -0.3 is 10.2 Å². The molecule has 0 spiro atoms. The lowest BCUT2D eigenvalue weighted by Gasteiger charge is -2.36. The van der Waals surface area contributed by atoms with Gasteiger partial charge in [0.15, 0.2) is 0 Å². The van der Waals surface area contributed by atoms with E-state index in [0.29, 0.717) is 16.5 Å². The van der Waals surface area contributed by atoms with Gasteiger partial charge in [-0.3, -0.25) is 9.29 Å². The Morgan fingerprint density at radius 1 is 1.39 bits per heavy atom. The highest BCUT2D eigenvalue weighted by molar-refractivity contribution is 7.98. The molecule has 1 aliphatic rings. The molecule has 0 saturated carbocycles. The zero-order chi connectivity index (χ0) is 20.1. The maximum absolute atomic E-state index is 12.9. The Kier molecular flexibility index (Phi) is 4.44. The number of aliphatic imine (C=N–C) groups is 1. The number of hydrogen-bond acceptors (Lipinski definition) is 8. The SMILES string of the molecule is C=S1(=O)C[C@@](C)(c2sc(-c3cncc(-c4nnco4)c3)cc2Cl)N=C(N)N1C. The van der Waals surface area contributed by atoms with Crippen molar-refractivity contribution in [3.8, 4) is 21.9 Å². The molecule has 0 aromatic carbocycles. The van der Waals surface area contributed by atoms with Gasteiger partial charge in [-0.2, -0.15) is 0 Å². The largest absolute Gasteiger partial charge is 0.423 e. The van der Waals surface area contributed by atoms with Crippen molar-refractivity contribution in [2.45, 2.75) is 12.5 Å². The fourth-order valence-corrected chi connectivity index (χ4v) is 6.41. The molecule has 2 atom stereocenters. The molecule has 1 aliphatic heterocycles. The Balaban J connectivity index is 1.77. The third-order valence-electron chi connectivity index (χ3n) is 4.50. The highest BCUT2D eigenvalue weighted by atomic mass is 35.5. The predicted octanol–water partition coefficient (Wildman–Crippen LogP) is 2.62. The van der Waals surface area contributed by atoms with Crippen LogP contribution in [0.5, 0.6) is 0 Å². The fourth-order valence-electron chi connectivity index (χ4n) is 3.05. The molecule has 0 radical (unpaired) electrons. The summed E-state index contributed by atoms with van der Waals surface area (Å²) >= 11 is 8.00. The van der Waals surface area contributed by atoms with Gasteiger partial charge in [-0.25, -0.2) is 9.20 Å². The smallest absolute Gasteiger partial charge is 0.249 e. The van der Waals surface area contributed by atoms with Crippen LogP contribution in [0.25, 0.3) is 21.9 Å². The summed E-state index contributed by atoms with van der Waals surface area (Å²) in [7, 11) is -0.960. The molecular weight excluding hydrogens is 420 g/mol. The van der Waals surface area contributed by atoms with Crippen LogP contribution in [-0.2, 0) is 15.2 Å². The van der Waals surface area contributed by atoms with Gasteiger partial charge in [0.1, 0.15) is 5.54 Å². The van der Waals surface area contributed by atoms with Gasteiger partial charge in [-0.05, 0) is 24.9 Å². The second-order valence-electron chi connectivity index (χ2n) is 6.65. The monoisotopic (exact) mass is 436 g/mol. The first kappa shape index (κ1) is 18.9. The van der Waals surface area contributed by atoms with E-state index in [1.165, 1.54) is 22.0 Å². The Hall–Kier alpha value is -2.43. The van der Waals surface area contributed by atoms with Crippen molar-refractivity contribution in [3.05, 3.63) is 40.8 Å². The Labute approximate surface area is 171 Å². The molecule has 146 valence electrons. The van der Waals surface area contributed by atoms with Crippen LogP contribution in [-0.4, -0.2) is 48.3 Å². The predicted molar refractivity (Wildman–Crippen MR) is 113 cm³/mol. The molecule has 11 heteroatoms. The molecule has 28 heavy (non-hydrogen) atoms. The van der Waals surface area contributed by atoms with Gasteiger partial charge in [0.2, 0.25) is 18.2 Å². The van der Waals surface area contributed by atoms with Crippen molar-refractivity contribution >= 4 is 44.5 Å². The number of halogens is 1. The molecule has 0 amide bonds. The van der Waals surface area contributed by atoms with E-state index in [-0.39, 0.29) is 11.7 Å². The molecule has 2 N–H and O–H groups in total. The Morgan fingerprint density at radius 2 is 2.14 bits per heavy atom. The summed E-state index contributed by atoms with van der Waals surface area (Å²) in [6.07, 6.45) is 4.64. The minimum Gasteiger partial charge on any atom is -0.423 e. The van der Waals surface area contributed by atoms with Crippen molar-refractivity contribution in [1.82, 2.24) is 19.5 Å². The van der Waals surface area contributed by atoms with Gasteiger partial charge >= 0.3 is 0 Å². The number of nitrogens with two attached hydrogens (primary N) is 1. The topological polar surface area (TPSA) is 110 Å². The maximum atomic E-state index is 12.9. The zero-order valence-electron chi connectivity index (χ0n) is 15.1. The van der Waals surface area contributed by atoms with Crippen LogP contribution in [0.3, 0.4) is 0 Å². The summed E-state index contributed by atoms with van der Waals surface area (Å²) in [4.78, 5) is 10.5. The van der Waals surface area contributed by atoms with E-state index in [1.807, 2.05) is 19.1 Å². The second kappa shape index (κ2) is 6.57. The summed E-state index contributed by atoms with van der Waals surface area (Å²) in [6.45, 7) is 1.87. The molecule has 3 aromatic rings. The summed E-state index contributed by atoms with van der Waals surface area (Å²) < 4.78 is 19.5. The number of nitrogens with zero attached hydrogens (tertiary/aromatic N) is 5. The molecule has 4 heterocycles. The van der Waals surface area contributed by atoms with E-state index in [4.69, 9.17) is 21.8 Å². The van der Waals surface area contributed by atoms with E-state index in [2.05, 4.69) is 26.0 Å². The van der Waals surface area contributed by atoms with E-state index in [0.717, 1.165) is 15.3 Å². The minimum absolute atomic E-state index is 0.180. The lowest BCUT2D eigenvalue weighted by molar-refractivity contribution is 0.522. The fraction of sp³-hybridized carbons (Fsp3) is 0.235. The highest BCUT2D eigenvalue weighted by Crippen LogP contribution is 2.44. The van der Waals surface area contributed by atoms with Crippen molar-refractivity contribution in [2.24, 2.45) is 10.7 Å².